The van der Waals surface area contributed by atoms with E-state index in [1.54, 1.807) is 32.4 Å². The molecule has 114 valence electrons. The van der Waals surface area contributed by atoms with Gasteiger partial charge in [-0.25, -0.2) is 0 Å². The number of allylic oxidation sites excluding steroid dienone is 3. The number of hydrogen-bond donors (Lipinski definition) is 0. The van der Waals surface area contributed by atoms with Crippen molar-refractivity contribution in [2.75, 3.05) is 21.0 Å². The average Bonchev–Trinajstić information content (AvgIpc) is 2.49. The van der Waals surface area contributed by atoms with Crippen molar-refractivity contribution in [1.82, 2.24) is 0 Å². The van der Waals surface area contributed by atoms with Crippen molar-refractivity contribution in [1.29, 1.82) is 0 Å². The van der Waals surface area contributed by atoms with Gasteiger partial charge in [-0.3, -0.25) is 0 Å². The topological polar surface area (TPSA) is 67.8 Å². The number of methoxy groups -OCH3 is 2. The molecule has 0 aliphatic rings. The van der Waals surface area contributed by atoms with Gasteiger partial charge < -0.3 is 24.1 Å². The van der Waals surface area contributed by atoms with Gasteiger partial charge >= 0.3 is 0 Å². The Hall–Kier alpha value is -2.27. The number of carbonyl (C=O) groups excluding carboxylic acids is 1. The zero-order chi connectivity index (χ0) is 15.7. The van der Waals surface area contributed by atoms with E-state index in [1.807, 2.05) is 13.0 Å². The van der Waals surface area contributed by atoms with Gasteiger partial charge in [0.1, 0.15) is 11.5 Å². The van der Waals surface area contributed by atoms with E-state index in [9.17, 15) is 9.90 Å². The predicted molar refractivity (Wildman–Crippen MR) is 77.9 cm³/mol. The van der Waals surface area contributed by atoms with Gasteiger partial charge in [0, 0.05) is 12.7 Å². The summed E-state index contributed by atoms with van der Waals surface area (Å²) in [5.74, 6) is 0.108. The minimum absolute atomic E-state index is 0.154. The highest BCUT2D eigenvalue weighted by Crippen LogP contribution is 2.31. The molecule has 21 heavy (non-hydrogen) atoms. The lowest BCUT2D eigenvalue weighted by Crippen LogP contribution is -2.18. The molecular weight excluding hydrogens is 272 g/mol. The van der Waals surface area contributed by atoms with Crippen LogP contribution in [0.2, 0.25) is 0 Å². The molecule has 0 fully saturated rings. The Morgan fingerprint density at radius 1 is 1.33 bits per heavy atom. The van der Waals surface area contributed by atoms with Crippen LogP contribution in [0.1, 0.15) is 18.9 Å². The monoisotopic (exact) mass is 291 g/mol. The van der Waals surface area contributed by atoms with E-state index < -0.39 is 5.97 Å². The van der Waals surface area contributed by atoms with Crippen molar-refractivity contribution < 1.29 is 24.1 Å². The zero-order valence-corrected chi connectivity index (χ0v) is 12.4. The number of carbonyl (C=O) groups is 1. The molecule has 1 rings (SSSR count). The van der Waals surface area contributed by atoms with Crippen LogP contribution in [0.15, 0.2) is 36.4 Å². The lowest BCUT2D eigenvalue weighted by molar-refractivity contribution is -0.297. The number of hydrogen-bond acceptors (Lipinski definition) is 5. The minimum Gasteiger partial charge on any atom is -0.545 e. The first kappa shape index (κ1) is 16.8. The van der Waals surface area contributed by atoms with Crippen LogP contribution in [0.3, 0.4) is 0 Å². The number of benzene rings is 1. The average molecular weight is 291 g/mol. The molecule has 0 amide bonds. The van der Waals surface area contributed by atoms with Gasteiger partial charge in [-0.1, -0.05) is 19.1 Å². The summed E-state index contributed by atoms with van der Waals surface area (Å²) in [6.07, 6.45) is 4.85. The van der Waals surface area contributed by atoms with E-state index in [0.29, 0.717) is 17.9 Å². The van der Waals surface area contributed by atoms with E-state index in [1.165, 1.54) is 6.08 Å². The number of rotatable bonds is 8. The van der Waals surface area contributed by atoms with Crippen molar-refractivity contribution in [2.24, 2.45) is 0 Å². The summed E-state index contributed by atoms with van der Waals surface area (Å²) < 4.78 is 15.6. The molecule has 0 unspecified atom stereocenters. The Morgan fingerprint density at radius 3 is 2.67 bits per heavy atom. The largest absolute Gasteiger partial charge is 0.545 e. The van der Waals surface area contributed by atoms with E-state index in [2.05, 4.69) is 0 Å². The molecule has 0 N–H and O–H groups in total. The summed E-state index contributed by atoms with van der Waals surface area (Å²) in [6, 6.07) is 5.41. The fraction of sp³-hybridized carbons (Fsp3) is 0.312. The van der Waals surface area contributed by atoms with E-state index >= 15 is 0 Å². The lowest BCUT2D eigenvalue weighted by Gasteiger charge is -2.13. The van der Waals surface area contributed by atoms with Crippen LogP contribution >= 0.6 is 0 Å². The number of ether oxygens (including phenoxy) is 3. The first-order valence-corrected chi connectivity index (χ1v) is 6.50. The minimum atomic E-state index is -1.23. The first-order valence-electron chi connectivity index (χ1n) is 6.50. The summed E-state index contributed by atoms with van der Waals surface area (Å²) in [5.41, 5.74) is 1.77. The molecule has 0 saturated heterocycles. The van der Waals surface area contributed by atoms with Gasteiger partial charge in [-0.2, -0.15) is 0 Å². The van der Waals surface area contributed by atoms with Gasteiger partial charge in [-0.15, -0.1) is 0 Å². The maximum atomic E-state index is 10.4. The fourth-order valence-corrected chi connectivity index (χ4v) is 1.80. The van der Waals surface area contributed by atoms with E-state index in [0.717, 1.165) is 17.2 Å². The van der Waals surface area contributed by atoms with E-state index in [-0.39, 0.29) is 6.79 Å². The molecule has 0 saturated carbocycles. The maximum Gasteiger partial charge on any atom is 0.188 e. The molecular formula is C16H19O5-. The van der Waals surface area contributed by atoms with Crippen molar-refractivity contribution in [3.8, 4) is 11.5 Å². The van der Waals surface area contributed by atoms with Crippen molar-refractivity contribution >= 4 is 11.5 Å². The van der Waals surface area contributed by atoms with Crippen LogP contribution in [0, 0.1) is 0 Å². The highest BCUT2D eigenvalue weighted by atomic mass is 16.7. The van der Waals surface area contributed by atoms with E-state index in [4.69, 9.17) is 14.2 Å². The Morgan fingerprint density at radius 2 is 2.10 bits per heavy atom. The highest BCUT2D eigenvalue weighted by molar-refractivity contribution is 5.79. The first-order chi connectivity index (χ1) is 10.1. The summed E-state index contributed by atoms with van der Waals surface area (Å²) >= 11 is 0. The second-order valence-electron chi connectivity index (χ2n) is 4.14. The molecule has 0 spiro atoms. The number of carboxylic acids is 1. The maximum absolute atomic E-state index is 10.4. The van der Waals surface area contributed by atoms with Gasteiger partial charge in [0.25, 0.3) is 0 Å². The molecule has 0 aliphatic heterocycles. The molecule has 0 atom stereocenters. The van der Waals surface area contributed by atoms with Crippen LogP contribution < -0.4 is 14.6 Å². The van der Waals surface area contributed by atoms with Gasteiger partial charge in [-0.05, 0) is 36.3 Å². The summed E-state index contributed by atoms with van der Waals surface area (Å²) in [6.45, 7) is 2.13. The SMILES string of the molecule is CC/C(=C/C=C/C(=O)[O-])c1cc(OCOC)ccc1OC. The second-order valence-corrected chi connectivity index (χ2v) is 4.14. The van der Waals surface area contributed by atoms with Crippen molar-refractivity contribution in [3.63, 3.8) is 0 Å². The standard InChI is InChI=1S/C16H20O5/c1-4-12(6-5-7-16(17)18)14-10-13(21-11-19-2)8-9-15(14)20-3/h5-10H,4,11H2,1-3H3,(H,17,18)/p-1/b7-5+,12-6-. The lowest BCUT2D eigenvalue weighted by atomic mass is 10.0. The van der Waals surface area contributed by atoms with Gasteiger partial charge in [0.2, 0.25) is 0 Å². The summed E-state index contributed by atoms with van der Waals surface area (Å²) in [4.78, 5) is 10.4. The Balaban J connectivity index is 3.12. The third-order valence-corrected chi connectivity index (χ3v) is 2.77. The van der Waals surface area contributed by atoms with Gasteiger partial charge in [0.05, 0.1) is 13.1 Å². The number of aliphatic carboxylic acids is 1. The Kier molecular flexibility index (Phi) is 7.04. The van der Waals surface area contributed by atoms with Crippen LogP contribution in [-0.2, 0) is 9.53 Å². The normalized spacial score (nSPS) is 11.7. The summed E-state index contributed by atoms with van der Waals surface area (Å²) in [5, 5.41) is 10.4. The Bertz CT molecular complexity index is 531. The molecule has 0 radical (unpaired) electrons. The quantitative estimate of drug-likeness (QED) is 0.415. The molecule has 5 heteroatoms. The van der Waals surface area contributed by atoms with Crippen LogP contribution in [-0.4, -0.2) is 27.0 Å². The van der Waals surface area contributed by atoms with Crippen LogP contribution in [0.4, 0.5) is 0 Å². The van der Waals surface area contributed by atoms with Crippen molar-refractivity contribution in [3.05, 3.63) is 42.0 Å². The molecule has 5 nitrogen and oxygen atoms in total. The van der Waals surface area contributed by atoms with Gasteiger partial charge in [0.15, 0.2) is 6.79 Å². The molecule has 0 aromatic heterocycles. The molecule has 1 aromatic rings. The third kappa shape index (κ3) is 5.31. The second kappa shape index (κ2) is 8.81. The van der Waals surface area contributed by atoms with Crippen LogP contribution in [0.25, 0.3) is 5.57 Å². The third-order valence-electron chi connectivity index (χ3n) is 2.77. The predicted octanol–water partition coefficient (Wildman–Crippen LogP) is 1.78. The number of carboxylic acid groups (broad SMARTS) is 1. The molecule has 0 heterocycles. The summed E-state index contributed by atoms with van der Waals surface area (Å²) in [7, 11) is 3.13. The highest BCUT2D eigenvalue weighted by Gasteiger charge is 2.08. The molecule has 1 aromatic carbocycles. The van der Waals surface area contributed by atoms with Crippen molar-refractivity contribution in [2.45, 2.75) is 13.3 Å². The smallest absolute Gasteiger partial charge is 0.188 e. The molecule has 0 bridgehead atoms. The fourth-order valence-electron chi connectivity index (χ4n) is 1.80. The Labute approximate surface area is 124 Å². The van der Waals surface area contributed by atoms with Crippen LogP contribution in [0.5, 0.6) is 11.5 Å². The zero-order valence-electron chi connectivity index (χ0n) is 12.4. The molecule has 0 aliphatic carbocycles.